The van der Waals surface area contributed by atoms with Gasteiger partial charge in [-0.3, -0.25) is 18.2 Å². The number of nitrogens with one attached hydrogen (secondary N) is 1. The Labute approximate surface area is 324 Å². The second-order valence-corrected chi connectivity index (χ2v) is 17.1. The van der Waals surface area contributed by atoms with Crippen molar-refractivity contribution in [1.29, 1.82) is 0 Å². The lowest BCUT2D eigenvalue weighted by atomic mass is 9.93. The Morgan fingerprint density at radius 3 is 2.20 bits per heavy atom. The summed E-state index contributed by atoms with van der Waals surface area (Å²) >= 11 is 0. The lowest BCUT2D eigenvalue weighted by Gasteiger charge is -2.34. The van der Waals surface area contributed by atoms with Gasteiger partial charge in [0.1, 0.15) is 17.7 Å². The molecule has 56 heavy (non-hydrogen) atoms. The number of nitrogen functional groups attached to an aromatic ring is 1. The van der Waals surface area contributed by atoms with E-state index in [1.54, 1.807) is 27.7 Å². The molecule has 1 fully saturated rings. The number of aromatic nitrogens is 4. The van der Waals surface area contributed by atoms with Crippen molar-refractivity contribution >= 4 is 32.5 Å². The highest BCUT2D eigenvalue weighted by Crippen LogP contribution is 2.57. The third-order valence-electron chi connectivity index (χ3n) is 9.15. The Morgan fingerprint density at radius 1 is 0.982 bits per heavy atom. The molecule has 1 aliphatic heterocycles. The molecular formula is C37H45N9O8P2. The maximum Gasteiger partial charge on any atom is 0.406 e. The highest BCUT2D eigenvalue weighted by atomic mass is 31.2. The zero-order chi connectivity index (χ0) is 39.9. The monoisotopic (exact) mass is 805 g/mol. The van der Waals surface area contributed by atoms with Crippen LogP contribution < -0.4 is 15.6 Å². The second-order valence-electron chi connectivity index (χ2n) is 13.3. The number of azide groups is 1. The molecule has 0 bridgehead atoms. The van der Waals surface area contributed by atoms with Crippen LogP contribution in [0.3, 0.4) is 0 Å². The van der Waals surface area contributed by atoms with Gasteiger partial charge in [0, 0.05) is 18.1 Å². The van der Waals surface area contributed by atoms with Crippen LogP contribution >= 0.6 is 15.3 Å². The molecule has 296 valence electrons. The predicted octanol–water partition coefficient (Wildman–Crippen LogP) is 8.45. The summed E-state index contributed by atoms with van der Waals surface area (Å²) < 4.78 is 67.4. The van der Waals surface area contributed by atoms with Gasteiger partial charge in [0.15, 0.2) is 17.4 Å². The summed E-state index contributed by atoms with van der Waals surface area (Å²) in [5.41, 5.74) is 17.2. The number of benzene rings is 3. The number of rotatable bonds is 18. The topological polar surface area (TPSA) is 220 Å². The van der Waals surface area contributed by atoms with Crippen LogP contribution in [0.5, 0.6) is 5.88 Å². The van der Waals surface area contributed by atoms with Crippen molar-refractivity contribution in [2.75, 3.05) is 25.6 Å². The van der Waals surface area contributed by atoms with Crippen molar-refractivity contribution in [3.05, 3.63) is 124 Å². The smallest absolute Gasteiger partial charge is 0.406 e. The van der Waals surface area contributed by atoms with E-state index in [2.05, 4.69) is 30.1 Å². The molecule has 8 atom stereocenters. The van der Waals surface area contributed by atoms with Crippen LogP contribution in [0.4, 0.5) is 5.95 Å². The van der Waals surface area contributed by atoms with Crippen LogP contribution in [0.15, 0.2) is 102 Å². The van der Waals surface area contributed by atoms with Crippen molar-refractivity contribution in [2.45, 2.75) is 70.4 Å². The molecule has 17 nitrogen and oxygen atoms in total. The third kappa shape index (κ3) is 9.47. The Bertz CT molecular complexity index is 2230. The molecule has 1 aliphatic rings. The minimum absolute atomic E-state index is 0.0912. The molecule has 5 unspecified atom stereocenters. The van der Waals surface area contributed by atoms with Gasteiger partial charge in [-0.1, -0.05) is 96.1 Å². The molecule has 0 saturated carbocycles. The third-order valence-corrected chi connectivity index (χ3v) is 12.1. The predicted molar refractivity (Wildman–Crippen MR) is 209 cm³/mol. The van der Waals surface area contributed by atoms with E-state index >= 15 is 4.57 Å². The maximum atomic E-state index is 15.1. The molecule has 0 amide bonds. The number of fused-ring (bicyclic) bond motifs is 1. The first kappa shape index (κ1) is 41.0. The van der Waals surface area contributed by atoms with Gasteiger partial charge in [0.25, 0.3) is 0 Å². The number of anilines is 1. The second kappa shape index (κ2) is 17.6. The first-order valence-corrected chi connectivity index (χ1v) is 21.5. The SMILES string of the molecule is CCOc1nc(N)nc2c1ncn2[C@@H]1O[C@H](COP(C)(=O)OC(C)c2ccccc2)[C@@H](OP(=O)(NCc2ccccc2)OC(C)c2ccccc2)C1(C)N=[N+]=[N-]. The fourth-order valence-electron chi connectivity index (χ4n) is 6.40. The van der Waals surface area contributed by atoms with E-state index in [9.17, 15) is 10.1 Å². The number of nitrogens with zero attached hydrogens (tertiary/aromatic N) is 7. The van der Waals surface area contributed by atoms with Crippen LogP contribution in [0.25, 0.3) is 21.6 Å². The maximum absolute atomic E-state index is 15.1. The number of ether oxygens (including phenoxy) is 2. The van der Waals surface area contributed by atoms with Crippen LogP contribution in [0, 0.1) is 0 Å². The summed E-state index contributed by atoms with van der Waals surface area (Å²) in [6.07, 6.45) is -3.67. The standard InChI is InChI=1S/C37H45N9O8P2/c1-6-49-34-31-33(42-36(38)43-34)46(24-40-31)35-37(4,44-45-39)32(30(51-35)23-50-55(5,47)52-25(2)28-18-12-8-13-19-28)54-56(48,41-22-27-16-10-7-11-17-27)53-26(3)29-20-14-9-15-21-29/h7-21,24-26,30,32,35H,6,22-23H2,1-5H3,(H,41,48)(H2,38,42,43)/t25?,26?,30-,32-,35-,37?,55?,56?/m1/s1. The molecule has 3 heterocycles. The van der Waals surface area contributed by atoms with E-state index in [1.165, 1.54) is 17.6 Å². The zero-order valence-corrected chi connectivity index (χ0v) is 33.4. The van der Waals surface area contributed by atoms with Gasteiger partial charge in [0.05, 0.1) is 31.7 Å². The van der Waals surface area contributed by atoms with E-state index in [-0.39, 0.29) is 36.1 Å². The summed E-state index contributed by atoms with van der Waals surface area (Å²) in [6, 6.07) is 27.8. The van der Waals surface area contributed by atoms with Gasteiger partial charge in [0.2, 0.25) is 11.8 Å². The minimum Gasteiger partial charge on any atom is -0.476 e. The largest absolute Gasteiger partial charge is 0.476 e. The van der Waals surface area contributed by atoms with Gasteiger partial charge < -0.3 is 24.3 Å². The molecule has 5 aromatic rings. The summed E-state index contributed by atoms with van der Waals surface area (Å²) in [7, 11) is -8.14. The Hall–Kier alpha value is -4.66. The Morgan fingerprint density at radius 2 is 1.59 bits per heavy atom. The van der Waals surface area contributed by atoms with Crippen LogP contribution in [-0.4, -0.2) is 57.1 Å². The van der Waals surface area contributed by atoms with Crippen molar-refractivity contribution in [1.82, 2.24) is 24.6 Å². The average molecular weight is 806 g/mol. The number of hydrogen-bond acceptors (Lipinski definition) is 13. The summed E-state index contributed by atoms with van der Waals surface area (Å²) in [6.45, 7) is 8.16. The molecule has 3 aromatic carbocycles. The molecule has 6 rings (SSSR count). The van der Waals surface area contributed by atoms with E-state index in [1.807, 2.05) is 91.0 Å². The van der Waals surface area contributed by atoms with Crippen LogP contribution in [-0.2, 0) is 38.5 Å². The Balaban J connectivity index is 1.39. The highest BCUT2D eigenvalue weighted by Gasteiger charge is 2.58. The van der Waals surface area contributed by atoms with E-state index in [4.69, 9.17) is 33.3 Å². The van der Waals surface area contributed by atoms with Gasteiger partial charge >= 0.3 is 15.3 Å². The van der Waals surface area contributed by atoms with Gasteiger partial charge in [-0.25, -0.2) is 14.6 Å². The minimum atomic E-state index is -4.36. The molecule has 3 N–H and O–H groups in total. The molecule has 1 saturated heterocycles. The number of nitrogens with two attached hydrogens (primary N) is 1. The molecule has 19 heteroatoms. The lowest BCUT2D eigenvalue weighted by Crippen LogP contribution is -2.45. The van der Waals surface area contributed by atoms with Crippen molar-refractivity contribution in [2.24, 2.45) is 5.11 Å². The summed E-state index contributed by atoms with van der Waals surface area (Å²) in [4.78, 5) is 16.2. The first-order chi connectivity index (χ1) is 26.8. The zero-order valence-electron chi connectivity index (χ0n) is 31.6. The van der Waals surface area contributed by atoms with Gasteiger partial charge in [-0.05, 0) is 49.9 Å². The molecule has 0 radical (unpaired) electrons. The van der Waals surface area contributed by atoms with Crippen LogP contribution in [0.1, 0.15) is 62.8 Å². The number of hydrogen-bond donors (Lipinski definition) is 2. The van der Waals surface area contributed by atoms with E-state index in [0.717, 1.165) is 16.7 Å². The van der Waals surface area contributed by atoms with Crippen molar-refractivity contribution in [3.8, 4) is 5.88 Å². The average Bonchev–Trinajstić information content (AvgIpc) is 3.72. The molecule has 0 aliphatic carbocycles. The Kier molecular flexibility index (Phi) is 12.9. The quantitative estimate of drug-likeness (QED) is 0.0368. The summed E-state index contributed by atoms with van der Waals surface area (Å²) in [5, 5.41) is 7.19. The molecule has 0 spiro atoms. The van der Waals surface area contributed by atoms with Gasteiger partial charge in [-0.15, -0.1) is 0 Å². The number of imidazole rings is 1. The fourth-order valence-corrected chi connectivity index (χ4v) is 9.33. The first-order valence-electron chi connectivity index (χ1n) is 18.0. The van der Waals surface area contributed by atoms with E-state index < -0.39 is 58.1 Å². The normalized spacial score (nSPS) is 22.8. The lowest BCUT2D eigenvalue weighted by molar-refractivity contribution is -0.0428. The molecular weight excluding hydrogens is 760 g/mol. The summed E-state index contributed by atoms with van der Waals surface area (Å²) in [5.74, 6) is 0.0350. The highest BCUT2D eigenvalue weighted by molar-refractivity contribution is 7.53. The fraction of sp³-hybridized carbons (Fsp3) is 0.378. The van der Waals surface area contributed by atoms with Gasteiger partial charge in [-0.2, -0.15) is 9.97 Å². The van der Waals surface area contributed by atoms with Crippen molar-refractivity contribution in [3.63, 3.8) is 0 Å². The van der Waals surface area contributed by atoms with E-state index in [0.29, 0.717) is 0 Å². The van der Waals surface area contributed by atoms with Crippen molar-refractivity contribution < 1.29 is 36.7 Å². The van der Waals surface area contributed by atoms with Crippen LogP contribution in [0.2, 0.25) is 0 Å². The molecule has 2 aromatic heterocycles.